The number of hydrogen-bond donors (Lipinski definition) is 2. The van der Waals surface area contributed by atoms with Crippen molar-refractivity contribution in [3.8, 4) is 5.75 Å². The van der Waals surface area contributed by atoms with Gasteiger partial charge in [0.1, 0.15) is 18.4 Å². The number of carboxylic acids is 1. The summed E-state index contributed by atoms with van der Waals surface area (Å²) >= 11 is 0. The molecule has 0 fully saturated rings. The molecule has 0 saturated heterocycles. The van der Waals surface area contributed by atoms with Crippen LogP contribution in [0.1, 0.15) is 22.8 Å². The van der Waals surface area contributed by atoms with E-state index in [4.69, 9.17) is 9.47 Å². The van der Waals surface area contributed by atoms with Crippen molar-refractivity contribution in [1.82, 2.24) is 5.32 Å². The molecule has 0 aliphatic heterocycles. The van der Waals surface area contributed by atoms with Crippen molar-refractivity contribution in [2.24, 2.45) is 0 Å². The van der Waals surface area contributed by atoms with E-state index in [-0.39, 0.29) is 6.42 Å². The van der Waals surface area contributed by atoms with Crippen LogP contribution in [0.3, 0.4) is 0 Å². The lowest BCUT2D eigenvalue weighted by Gasteiger charge is -2.20. The summed E-state index contributed by atoms with van der Waals surface area (Å²) in [7, 11) is 1.42. The van der Waals surface area contributed by atoms with Crippen LogP contribution < -0.4 is 10.1 Å². The van der Waals surface area contributed by atoms with Crippen LogP contribution in [0, 0.1) is 0 Å². The maximum atomic E-state index is 12.6. The van der Waals surface area contributed by atoms with Gasteiger partial charge in [0, 0.05) is 13.5 Å². The Morgan fingerprint density at radius 1 is 0.871 bits per heavy atom. The summed E-state index contributed by atoms with van der Waals surface area (Å²) in [6, 6.07) is 24.9. The average Bonchev–Trinajstić information content (AvgIpc) is 2.80. The van der Waals surface area contributed by atoms with Gasteiger partial charge in [-0.05, 0) is 28.8 Å². The number of rotatable bonds is 10. The molecule has 0 aromatic heterocycles. The second-order valence-corrected chi connectivity index (χ2v) is 7.05. The first-order chi connectivity index (χ1) is 15.1. The third-order valence-electron chi connectivity index (χ3n) is 4.80. The van der Waals surface area contributed by atoms with Gasteiger partial charge in [0.25, 0.3) is 5.91 Å². The summed E-state index contributed by atoms with van der Waals surface area (Å²) in [5.74, 6) is -0.920. The quantitative estimate of drug-likeness (QED) is 0.523. The molecular weight excluding hydrogens is 394 g/mol. The van der Waals surface area contributed by atoms with Crippen LogP contribution in [0.4, 0.5) is 0 Å². The van der Waals surface area contributed by atoms with Crippen molar-refractivity contribution in [3.63, 3.8) is 0 Å². The molecule has 0 heterocycles. The molecular formula is C25H25NO5. The van der Waals surface area contributed by atoms with E-state index in [0.717, 1.165) is 11.1 Å². The van der Waals surface area contributed by atoms with Gasteiger partial charge in [0.15, 0.2) is 6.10 Å². The highest BCUT2D eigenvalue weighted by Gasteiger charge is 2.26. The molecule has 2 N–H and O–H groups in total. The number of benzene rings is 3. The molecule has 1 amide bonds. The van der Waals surface area contributed by atoms with Crippen LogP contribution in [-0.2, 0) is 27.4 Å². The van der Waals surface area contributed by atoms with E-state index >= 15 is 0 Å². The zero-order valence-corrected chi connectivity index (χ0v) is 17.2. The minimum Gasteiger partial charge on any atom is -0.489 e. The third kappa shape index (κ3) is 6.42. The van der Waals surface area contributed by atoms with Gasteiger partial charge in [-0.25, -0.2) is 4.79 Å². The third-order valence-corrected chi connectivity index (χ3v) is 4.80. The molecule has 31 heavy (non-hydrogen) atoms. The predicted molar refractivity (Wildman–Crippen MR) is 117 cm³/mol. The molecule has 160 valence electrons. The number of carboxylic acid groups (broad SMARTS) is 1. The van der Waals surface area contributed by atoms with E-state index in [0.29, 0.717) is 17.9 Å². The highest BCUT2D eigenvalue weighted by molar-refractivity contribution is 5.87. The largest absolute Gasteiger partial charge is 0.489 e. The molecule has 0 aliphatic rings. The summed E-state index contributed by atoms with van der Waals surface area (Å²) in [4.78, 5) is 24.4. The number of aliphatic carboxylic acids is 1. The van der Waals surface area contributed by atoms with Gasteiger partial charge >= 0.3 is 5.97 Å². The fourth-order valence-electron chi connectivity index (χ4n) is 3.17. The lowest BCUT2D eigenvalue weighted by atomic mass is 10.0. The van der Waals surface area contributed by atoms with Crippen molar-refractivity contribution in [1.29, 1.82) is 0 Å². The van der Waals surface area contributed by atoms with Crippen molar-refractivity contribution < 1.29 is 24.2 Å². The van der Waals surface area contributed by atoms with Gasteiger partial charge in [-0.3, -0.25) is 4.79 Å². The molecule has 0 aliphatic carbocycles. The highest BCUT2D eigenvalue weighted by atomic mass is 16.5. The minimum atomic E-state index is -1.11. The number of carbonyl (C=O) groups excluding carboxylic acids is 1. The van der Waals surface area contributed by atoms with Crippen molar-refractivity contribution in [2.45, 2.75) is 25.2 Å². The first kappa shape index (κ1) is 22.1. The summed E-state index contributed by atoms with van der Waals surface area (Å²) in [5, 5.41) is 12.2. The van der Waals surface area contributed by atoms with Crippen LogP contribution in [0.25, 0.3) is 0 Å². The normalized spacial score (nSPS) is 12.5. The second-order valence-electron chi connectivity index (χ2n) is 7.05. The van der Waals surface area contributed by atoms with Crippen molar-refractivity contribution in [3.05, 3.63) is 102 Å². The molecule has 0 bridgehead atoms. The van der Waals surface area contributed by atoms with E-state index in [1.54, 1.807) is 48.5 Å². The fraction of sp³-hybridized carbons (Fsp3) is 0.200. The van der Waals surface area contributed by atoms with Gasteiger partial charge in [0.2, 0.25) is 0 Å². The molecule has 3 aromatic carbocycles. The monoisotopic (exact) mass is 419 g/mol. The van der Waals surface area contributed by atoms with Crippen molar-refractivity contribution >= 4 is 11.9 Å². The minimum absolute atomic E-state index is 0.144. The summed E-state index contributed by atoms with van der Waals surface area (Å²) in [5.41, 5.74) is 2.49. The van der Waals surface area contributed by atoms with Gasteiger partial charge in [0.05, 0.1) is 0 Å². The lowest BCUT2D eigenvalue weighted by molar-refractivity contribution is -0.144. The Hall–Kier alpha value is -3.64. The molecule has 3 rings (SSSR count). The molecule has 0 spiro atoms. The molecule has 3 aromatic rings. The van der Waals surface area contributed by atoms with Crippen LogP contribution >= 0.6 is 0 Å². The van der Waals surface area contributed by atoms with E-state index < -0.39 is 24.0 Å². The smallest absolute Gasteiger partial charge is 0.326 e. The Bertz CT molecular complexity index is 974. The zero-order chi connectivity index (χ0) is 22.1. The summed E-state index contributed by atoms with van der Waals surface area (Å²) < 4.78 is 11.0. The Labute approximate surface area is 181 Å². The van der Waals surface area contributed by atoms with Gasteiger partial charge < -0.3 is 19.9 Å². The zero-order valence-electron chi connectivity index (χ0n) is 17.2. The number of hydrogen-bond acceptors (Lipinski definition) is 4. The first-order valence-corrected chi connectivity index (χ1v) is 9.93. The van der Waals surface area contributed by atoms with Gasteiger partial charge in [-0.15, -0.1) is 0 Å². The van der Waals surface area contributed by atoms with E-state index in [1.165, 1.54) is 7.11 Å². The molecule has 2 atom stereocenters. The van der Waals surface area contributed by atoms with Crippen LogP contribution in [-0.4, -0.2) is 30.1 Å². The predicted octanol–water partition coefficient (Wildman–Crippen LogP) is 3.77. The van der Waals surface area contributed by atoms with Crippen LogP contribution in [0.2, 0.25) is 0 Å². The Balaban J connectivity index is 1.60. The SMILES string of the molecule is CO[C@H](C(=O)N[C@@H](Cc1ccc(OCc2ccccc2)cc1)C(=O)O)c1ccccc1. The lowest BCUT2D eigenvalue weighted by Crippen LogP contribution is -2.44. The number of amides is 1. The molecule has 0 unspecified atom stereocenters. The molecule has 6 heteroatoms. The van der Waals surface area contributed by atoms with Gasteiger partial charge in [-0.2, -0.15) is 0 Å². The summed E-state index contributed by atoms with van der Waals surface area (Å²) in [6.07, 6.45) is -0.734. The molecule has 0 saturated carbocycles. The highest BCUT2D eigenvalue weighted by Crippen LogP contribution is 2.18. The standard InChI is InChI=1S/C25H25NO5/c1-30-23(20-10-6-3-7-11-20)24(27)26-22(25(28)29)16-18-12-14-21(15-13-18)31-17-19-8-4-2-5-9-19/h2-15,22-23H,16-17H2,1H3,(H,26,27)(H,28,29)/t22-,23-/m0/s1. The van der Waals surface area contributed by atoms with E-state index in [2.05, 4.69) is 5.32 Å². The van der Waals surface area contributed by atoms with Crippen LogP contribution in [0.5, 0.6) is 5.75 Å². The number of methoxy groups -OCH3 is 1. The number of nitrogens with one attached hydrogen (secondary N) is 1. The van der Waals surface area contributed by atoms with Crippen LogP contribution in [0.15, 0.2) is 84.9 Å². The topological polar surface area (TPSA) is 84.9 Å². The summed E-state index contributed by atoms with van der Waals surface area (Å²) in [6.45, 7) is 0.450. The fourth-order valence-corrected chi connectivity index (χ4v) is 3.17. The second kappa shape index (κ2) is 10.9. The molecule has 6 nitrogen and oxygen atoms in total. The van der Waals surface area contributed by atoms with E-state index in [1.807, 2.05) is 36.4 Å². The number of ether oxygens (including phenoxy) is 2. The Kier molecular flexibility index (Phi) is 7.79. The Morgan fingerprint density at radius 2 is 1.48 bits per heavy atom. The Morgan fingerprint density at radius 3 is 2.06 bits per heavy atom. The average molecular weight is 419 g/mol. The maximum Gasteiger partial charge on any atom is 0.326 e. The number of carbonyl (C=O) groups is 2. The molecule has 0 radical (unpaired) electrons. The first-order valence-electron chi connectivity index (χ1n) is 9.93. The van der Waals surface area contributed by atoms with Crippen molar-refractivity contribution in [2.75, 3.05) is 7.11 Å². The van der Waals surface area contributed by atoms with Gasteiger partial charge in [-0.1, -0.05) is 72.8 Å². The van der Waals surface area contributed by atoms with E-state index in [9.17, 15) is 14.7 Å². The maximum absolute atomic E-state index is 12.6.